The third-order valence-electron chi connectivity index (χ3n) is 2.47. The molecule has 2 aliphatic rings. The molecule has 2 rings (SSSR count). The standard InChI is InChI=1S/C9H14O/c10-9-3-1-2-8(6-9)7-4-5-7/h6-7,9-10H,1-5H2/t9-/m1/s1. The van der Waals surface area contributed by atoms with Crippen LogP contribution in [0.15, 0.2) is 11.6 Å². The van der Waals surface area contributed by atoms with Crippen molar-refractivity contribution in [2.75, 3.05) is 0 Å². The number of hydrogen-bond acceptors (Lipinski definition) is 1. The molecule has 0 aromatic carbocycles. The van der Waals surface area contributed by atoms with Crippen molar-refractivity contribution >= 4 is 0 Å². The average Bonchev–Trinajstić information content (AvgIpc) is 2.68. The predicted octanol–water partition coefficient (Wildman–Crippen LogP) is 1.87. The second kappa shape index (κ2) is 2.39. The summed E-state index contributed by atoms with van der Waals surface area (Å²) in [4.78, 5) is 0. The normalized spacial score (nSPS) is 33.7. The van der Waals surface area contributed by atoms with E-state index in [0.717, 1.165) is 12.3 Å². The zero-order chi connectivity index (χ0) is 6.97. The lowest BCUT2D eigenvalue weighted by Crippen LogP contribution is -2.09. The molecule has 56 valence electrons. The maximum Gasteiger partial charge on any atom is 0.0723 e. The molecule has 0 unspecified atom stereocenters. The van der Waals surface area contributed by atoms with Crippen molar-refractivity contribution in [3.63, 3.8) is 0 Å². The Kier molecular flexibility index (Phi) is 1.53. The second-order valence-corrected chi connectivity index (χ2v) is 3.48. The molecule has 1 saturated carbocycles. The fourth-order valence-electron chi connectivity index (χ4n) is 1.72. The van der Waals surface area contributed by atoms with Gasteiger partial charge in [-0.15, -0.1) is 0 Å². The summed E-state index contributed by atoms with van der Waals surface area (Å²) < 4.78 is 0. The number of aliphatic hydroxyl groups excluding tert-OH is 1. The van der Waals surface area contributed by atoms with E-state index < -0.39 is 0 Å². The van der Waals surface area contributed by atoms with Gasteiger partial charge in [-0.3, -0.25) is 0 Å². The summed E-state index contributed by atoms with van der Waals surface area (Å²) in [6.45, 7) is 0. The van der Waals surface area contributed by atoms with E-state index in [-0.39, 0.29) is 6.10 Å². The Morgan fingerprint density at radius 1 is 1.30 bits per heavy atom. The van der Waals surface area contributed by atoms with E-state index in [4.69, 9.17) is 0 Å². The van der Waals surface area contributed by atoms with E-state index in [1.807, 2.05) is 0 Å². The zero-order valence-corrected chi connectivity index (χ0v) is 6.21. The van der Waals surface area contributed by atoms with Gasteiger partial charge in [0.1, 0.15) is 0 Å². The molecule has 1 nitrogen and oxygen atoms in total. The SMILES string of the molecule is O[C@H]1C=C(C2CC2)CCC1. The largest absolute Gasteiger partial charge is 0.389 e. The van der Waals surface area contributed by atoms with Crippen molar-refractivity contribution in [3.8, 4) is 0 Å². The van der Waals surface area contributed by atoms with Crippen LogP contribution in [0.25, 0.3) is 0 Å². The topological polar surface area (TPSA) is 20.2 Å². The lowest BCUT2D eigenvalue weighted by molar-refractivity contribution is 0.201. The molecule has 0 bridgehead atoms. The Morgan fingerprint density at radius 2 is 2.10 bits per heavy atom. The summed E-state index contributed by atoms with van der Waals surface area (Å²) in [5.74, 6) is 0.870. The fraction of sp³-hybridized carbons (Fsp3) is 0.778. The van der Waals surface area contributed by atoms with E-state index in [9.17, 15) is 5.11 Å². The highest BCUT2D eigenvalue weighted by atomic mass is 16.3. The average molecular weight is 138 g/mol. The van der Waals surface area contributed by atoms with E-state index >= 15 is 0 Å². The smallest absolute Gasteiger partial charge is 0.0723 e. The summed E-state index contributed by atoms with van der Waals surface area (Å²) in [7, 11) is 0. The molecular weight excluding hydrogens is 124 g/mol. The molecule has 0 heterocycles. The van der Waals surface area contributed by atoms with Gasteiger partial charge in [0.15, 0.2) is 0 Å². The third kappa shape index (κ3) is 1.24. The summed E-state index contributed by atoms with van der Waals surface area (Å²) in [5.41, 5.74) is 1.54. The predicted molar refractivity (Wildman–Crippen MR) is 40.7 cm³/mol. The third-order valence-corrected chi connectivity index (χ3v) is 2.47. The molecule has 2 aliphatic carbocycles. The molecule has 1 N–H and O–H groups in total. The quantitative estimate of drug-likeness (QED) is 0.548. The van der Waals surface area contributed by atoms with Gasteiger partial charge in [0, 0.05) is 0 Å². The summed E-state index contributed by atoms with van der Waals surface area (Å²) >= 11 is 0. The first-order valence-corrected chi connectivity index (χ1v) is 4.25. The maximum absolute atomic E-state index is 9.28. The number of rotatable bonds is 1. The lowest BCUT2D eigenvalue weighted by Gasteiger charge is -2.16. The van der Waals surface area contributed by atoms with E-state index in [0.29, 0.717) is 0 Å². The van der Waals surface area contributed by atoms with Crippen LogP contribution in [0.5, 0.6) is 0 Å². The molecule has 0 aliphatic heterocycles. The first kappa shape index (κ1) is 6.41. The van der Waals surface area contributed by atoms with Gasteiger partial charge in [-0.05, 0) is 38.0 Å². The van der Waals surface area contributed by atoms with Crippen LogP contribution in [-0.2, 0) is 0 Å². The molecule has 0 aromatic heterocycles. The molecule has 10 heavy (non-hydrogen) atoms. The molecular formula is C9H14O. The highest BCUT2D eigenvalue weighted by Crippen LogP contribution is 2.40. The maximum atomic E-state index is 9.28. The minimum absolute atomic E-state index is 0.121. The molecule has 1 fully saturated rings. The van der Waals surface area contributed by atoms with Crippen LogP contribution in [0.4, 0.5) is 0 Å². The molecule has 0 aromatic rings. The van der Waals surface area contributed by atoms with Gasteiger partial charge in [-0.25, -0.2) is 0 Å². The first-order valence-electron chi connectivity index (χ1n) is 4.25. The number of hydrogen-bond donors (Lipinski definition) is 1. The number of allylic oxidation sites excluding steroid dienone is 1. The van der Waals surface area contributed by atoms with Crippen molar-refractivity contribution in [2.45, 2.75) is 38.2 Å². The summed E-state index contributed by atoms with van der Waals surface area (Å²) in [5, 5.41) is 9.28. The van der Waals surface area contributed by atoms with Crippen molar-refractivity contribution in [1.82, 2.24) is 0 Å². The molecule has 0 radical (unpaired) electrons. The Morgan fingerprint density at radius 3 is 2.70 bits per heavy atom. The monoisotopic (exact) mass is 138 g/mol. The van der Waals surface area contributed by atoms with Gasteiger partial charge in [0.25, 0.3) is 0 Å². The highest BCUT2D eigenvalue weighted by Gasteiger charge is 2.27. The fourth-order valence-corrected chi connectivity index (χ4v) is 1.72. The van der Waals surface area contributed by atoms with Crippen LogP contribution in [0, 0.1) is 5.92 Å². The van der Waals surface area contributed by atoms with E-state index in [1.54, 1.807) is 5.57 Å². The Balaban J connectivity index is 2.03. The van der Waals surface area contributed by atoms with Crippen molar-refractivity contribution in [3.05, 3.63) is 11.6 Å². The van der Waals surface area contributed by atoms with Crippen molar-refractivity contribution < 1.29 is 5.11 Å². The molecule has 1 atom stereocenters. The van der Waals surface area contributed by atoms with Crippen LogP contribution < -0.4 is 0 Å². The van der Waals surface area contributed by atoms with Gasteiger partial charge in [-0.1, -0.05) is 11.6 Å². The van der Waals surface area contributed by atoms with Gasteiger partial charge < -0.3 is 5.11 Å². The van der Waals surface area contributed by atoms with Crippen LogP contribution in [0.3, 0.4) is 0 Å². The van der Waals surface area contributed by atoms with E-state index in [2.05, 4.69) is 6.08 Å². The van der Waals surface area contributed by atoms with Crippen LogP contribution >= 0.6 is 0 Å². The second-order valence-electron chi connectivity index (χ2n) is 3.48. The molecule has 0 saturated heterocycles. The molecule has 0 amide bonds. The minimum Gasteiger partial charge on any atom is -0.389 e. The highest BCUT2D eigenvalue weighted by molar-refractivity contribution is 5.16. The summed E-state index contributed by atoms with van der Waals surface area (Å²) in [6, 6.07) is 0. The number of aliphatic hydroxyl groups is 1. The van der Waals surface area contributed by atoms with Gasteiger partial charge in [0.2, 0.25) is 0 Å². The Hall–Kier alpha value is -0.300. The Bertz CT molecular complexity index is 156. The van der Waals surface area contributed by atoms with Crippen LogP contribution in [0.2, 0.25) is 0 Å². The summed E-state index contributed by atoms with van der Waals surface area (Å²) in [6.07, 6.45) is 8.14. The van der Waals surface area contributed by atoms with Gasteiger partial charge >= 0.3 is 0 Å². The molecule has 0 spiro atoms. The Labute approximate surface area is 61.8 Å². The van der Waals surface area contributed by atoms with Crippen LogP contribution in [0.1, 0.15) is 32.1 Å². The minimum atomic E-state index is -0.121. The van der Waals surface area contributed by atoms with E-state index in [1.165, 1.54) is 25.7 Å². The van der Waals surface area contributed by atoms with Crippen molar-refractivity contribution in [2.24, 2.45) is 5.92 Å². The van der Waals surface area contributed by atoms with Crippen molar-refractivity contribution in [1.29, 1.82) is 0 Å². The van der Waals surface area contributed by atoms with Gasteiger partial charge in [-0.2, -0.15) is 0 Å². The van der Waals surface area contributed by atoms with Crippen LogP contribution in [-0.4, -0.2) is 11.2 Å². The molecule has 1 heteroatoms. The first-order chi connectivity index (χ1) is 4.86. The zero-order valence-electron chi connectivity index (χ0n) is 6.21. The lowest BCUT2D eigenvalue weighted by atomic mass is 9.94. The van der Waals surface area contributed by atoms with Gasteiger partial charge in [0.05, 0.1) is 6.10 Å².